The van der Waals surface area contributed by atoms with Crippen LogP contribution in [-0.2, 0) is 6.54 Å². The van der Waals surface area contributed by atoms with Gasteiger partial charge in [0.05, 0.1) is 17.7 Å². The second-order valence-corrected chi connectivity index (χ2v) is 4.41. The van der Waals surface area contributed by atoms with Crippen molar-refractivity contribution in [2.24, 2.45) is 0 Å². The van der Waals surface area contributed by atoms with Crippen LogP contribution < -0.4 is 5.32 Å². The van der Waals surface area contributed by atoms with Gasteiger partial charge >= 0.3 is 0 Å². The van der Waals surface area contributed by atoms with E-state index in [1.54, 1.807) is 5.51 Å². The highest BCUT2D eigenvalue weighted by Gasteiger charge is 2.10. The van der Waals surface area contributed by atoms with E-state index in [1.165, 1.54) is 11.3 Å². The summed E-state index contributed by atoms with van der Waals surface area (Å²) in [5.41, 5.74) is 2.76. The molecule has 2 aromatic rings. The number of nitrogens with zero attached hydrogens (tertiary/aromatic N) is 1. The summed E-state index contributed by atoms with van der Waals surface area (Å²) in [5, 5.41) is 2.82. The minimum absolute atomic E-state index is 0.203. The van der Waals surface area contributed by atoms with Crippen molar-refractivity contribution in [2.45, 2.75) is 13.5 Å². The molecule has 0 amide bonds. The van der Waals surface area contributed by atoms with Crippen molar-refractivity contribution in [1.82, 2.24) is 4.98 Å². The van der Waals surface area contributed by atoms with E-state index in [0.29, 0.717) is 6.54 Å². The van der Waals surface area contributed by atoms with Gasteiger partial charge in [-0.3, -0.25) is 0 Å². The zero-order chi connectivity index (χ0) is 12.4. The lowest BCUT2D eigenvalue weighted by molar-refractivity contribution is 0.447. The summed E-state index contributed by atoms with van der Waals surface area (Å²) >= 11 is 1.45. The number of halogens is 3. The third kappa shape index (κ3) is 2.58. The van der Waals surface area contributed by atoms with Crippen LogP contribution >= 0.6 is 11.3 Å². The van der Waals surface area contributed by atoms with Crippen molar-refractivity contribution in [3.05, 3.63) is 45.7 Å². The smallest absolute Gasteiger partial charge is 0.194 e. The van der Waals surface area contributed by atoms with Crippen LogP contribution in [0.25, 0.3) is 0 Å². The number of hydrogen-bond acceptors (Lipinski definition) is 3. The van der Waals surface area contributed by atoms with Crippen LogP contribution in [-0.4, -0.2) is 4.98 Å². The molecule has 90 valence electrons. The molecule has 1 aromatic carbocycles. The first-order valence-corrected chi connectivity index (χ1v) is 5.73. The second kappa shape index (κ2) is 4.75. The van der Waals surface area contributed by atoms with Gasteiger partial charge in [0.25, 0.3) is 0 Å². The summed E-state index contributed by atoms with van der Waals surface area (Å²) < 4.78 is 38.5. The van der Waals surface area contributed by atoms with Gasteiger partial charge < -0.3 is 5.32 Å². The molecule has 17 heavy (non-hydrogen) atoms. The second-order valence-electron chi connectivity index (χ2n) is 3.47. The van der Waals surface area contributed by atoms with E-state index in [-0.39, 0.29) is 5.69 Å². The lowest BCUT2D eigenvalue weighted by Gasteiger charge is -2.06. The molecule has 1 aromatic heterocycles. The molecule has 0 saturated heterocycles. The van der Waals surface area contributed by atoms with Gasteiger partial charge in [-0.05, 0) is 6.92 Å². The van der Waals surface area contributed by atoms with Gasteiger partial charge in [0.15, 0.2) is 17.5 Å². The summed E-state index contributed by atoms with van der Waals surface area (Å²) in [6.45, 7) is 2.25. The van der Waals surface area contributed by atoms with Gasteiger partial charge in [0.1, 0.15) is 0 Å². The molecule has 6 heteroatoms. The van der Waals surface area contributed by atoms with E-state index in [4.69, 9.17) is 0 Å². The van der Waals surface area contributed by atoms with Gasteiger partial charge in [0, 0.05) is 22.7 Å². The first-order valence-electron chi connectivity index (χ1n) is 4.85. The van der Waals surface area contributed by atoms with Crippen LogP contribution in [0.3, 0.4) is 0 Å². The molecule has 0 aliphatic rings. The summed E-state index contributed by atoms with van der Waals surface area (Å²) in [6.07, 6.45) is 0. The highest BCUT2D eigenvalue weighted by molar-refractivity contribution is 7.09. The Balaban J connectivity index is 2.12. The predicted molar refractivity (Wildman–Crippen MR) is 60.5 cm³/mol. The average molecular weight is 258 g/mol. The minimum atomic E-state index is -1.45. The fraction of sp³-hybridized carbons (Fsp3) is 0.182. The molecule has 2 nitrogen and oxygen atoms in total. The molecule has 1 heterocycles. The van der Waals surface area contributed by atoms with Gasteiger partial charge in [0.2, 0.25) is 0 Å². The number of aromatic nitrogens is 1. The fourth-order valence-electron chi connectivity index (χ4n) is 1.34. The summed E-state index contributed by atoms with van der Waals surface area (Å²) in [4.78, 5) is 5.02. The van der Waals surface area contributed by atoms with E-state index in [2.05, 4.69) is 10.3 Å². The zero-order valence-corrected chi connectivity index (χ0v) is 9.75. The van der Waals surface area contributed by atoms with Crippen LogP contribution in [0.15, 0.2) is 17.6 Å². The topological polar surface area (TPSA) is 24.9 Å². The molecular weight excluding hydrogens is 249 g/mol. The predicted octanol–water partition coefficient (Wildman–Crippen LogP) is 3.48. The Labute approximate surface area is 100 Å². The van der Waals surface area contributed by atoms with Gasteiger partial charge in [-0.15, -0.1) is 11.3 Å². The van der Waals surface area contributed by atoms with Crippen molar-refractivity contribution in [2.75, 3.05) is 5.32 Å². The SMILES string of the molecule is Cc1ncsc1CNc1cc(F)c(F)c(F)c1. The molecule has 0 atom stereocenters. The largest absolute Gasteiger partial charge is 0.380 e. The third-order valence-electron chi connectivity index (χ3n) is 2.28. The number of rotatable bonds is 3. The molecule has 0 aliphatic heterocycles. The molecule has 1 N–H and O–H groups in total. The maximum Gasteiger partial charge on any atom is 0.194 e. The van der Waals surface area contributed by atoms with Crippen LogP contribution in [0.4, 0.5) is 18.9 Å². The first-order chi connectivity index (χ1) is 8.08. The lowest BCUT2D eigenvalue weighted by Crippen LogP contribution is -2.01. The fourth-order valence-corrected chi connectivity index (χ4v) is 2.05. The van der Waals surface area contributed by atoms with Gasteiger partial charge in [-0.1, -0.05) is 0 Å². The molecule has 2 rings (SSSR count). The van der Waals surface area contributed by atoms with E-state index in [9.17, 15) is 13.2 Å². The minimum Gasteiger partial charge on any atom is -0.380 e. The number of benzene rings is 1. The van der Waals surface area contributed by atoms with Gasteiger partial charge in [-0.2, -0.15) is 0 Å². The van der Waals surface area contributed by atoms with Crippen LogP contribution in [0.5, 0.6) is 0 Å². The van der Waals surface area contributed by atoms with E-state index in [1.807, 2.05) is 6.92 Å². The Morgan fingerprint density at radius 2 is 1.88 bits per heavy atom. The molecule has 0 spiro atoms. The Morgan fingerprint density at radius 1 is 1.24 bits per heavy atom. The Morgan fingerprint density at radius 3 is 2.41 bits per heavy atom. The van der Waals surface area contributed by atoms with Crippen molar-refractivity contribution in [1.29, 1.82) is 0 Å². The van der Waals surface area contributed by atoms with Gasteiger partial charge in [-0.25, -0.2) is 18.2 Å². The number of hydrogen-bond donors (Lipinski definition) is 1. The highest BCUT2D eigenvalue weighted by Crippen LogP contribution is 2.19. The quantitative estimate of drug-likeness (QED) is 0.852. The molecule has 0 bridgehead atoms. The Bertz CT molecular complexity index is 516. The molecular formula is C11H9F3N2S. The number of aryl methyl sites for hydroxylation is 1. The Kier molecular flexibility index (Phi) is 3.33. The van der Waals surface area contributed by atoms with Crippen LogP contribution in [0, 0.1) is 24.4 Å². The van der Waals surface area contributed by atoms with Crippen LogP contribution in [0.2, 0.25) is 0 Å². The standard InChI is InChI=1S/C11H9F3N2S/c1-6-10(17-5-16-6)4-15-7-2-8(12)11(14)9(13)3-7/h2-3,5,15H,4H2,1H3. The molecule has 0 fully saturated rings. The molecule has 0 saturated carbocycles. The third-order valence-corrected chi connectivity index (χ3v) is 3.22. The summed E-state index contributed by atoms with van der Waals surface area (Å²) in [6, 6.07) is 1.85. The van der Waals surface area contributed by atoms with Crippen LogP contribution in [0.1, 0.15) is 10.6 Å². The summed E-state index contributed by atoms with van der Waals surface area (Å²) in [7, 11) is 0. The Hall–Kier alpha value is -1.56. The molecule has 0 aliphatic carbocycles. The highest BCUT2D eigenvalue weighted by atomic mass is 32.1. The maximum absolute atomic E-state index is 12.9. The number of nitrogens with one attached hydrogen (secondary N) is 1. The summed E-state index contributed by atoms with van der Waals surface area (Å²) in [5.74, 6) is -3.86. The monoisotopic (exact) mass is 258 g/mol. The lowest BCUT2D eigenvalue weighted by atomic mass is 10.2. The zero-order valence-electron chi connectivity index (χ0n) is 8.93. The average Bonchev–Trinajstić information content (AvgIpc) is 2.69. The van der Waals surface area contributed by atoms with Crippen molar-refractivity contribution < 1.29 is 13.2 Å². The molecule has 0 radical (unpaired) electrons. The first kappa shape index (κ1) is 11.9. The van der Waals surface area contributed by atoms with Crippen molar-refractivity contribution in [3.8, 4) is 0 Å². The maximum atomic E-state index is 12.9. The molecule has 0 unspecified atom stereocenters. The van der Waals surface area contributed by atoms with Crippen molar-refractivity contribution >= 4 is 17.0 Å². The van der Waals surface area contributed by atoms with E-state index in [0.717, 1.165) is 22.7 Å². The van der Waals surface area contributed by atoms with E-state index >= 15 is 0 Å². The van der Waals surface area contributed by atoms with Crippen molar-refractivity contribution in [3.63, 3.8) is 0 Å². The number of anilines is 1. The van der Waals surface area contributed by atoms with E-state index < -0.39 is 17.5 Å². The normalized spacial score (nSPS) is 10.6. The number of thiazole rings is 1.